The Morgan fingerprint density at radius 1 is 1.23 bits per heavy atom. The molecule has 0 aliphatic carbocycles. The number of rotatable bonds is 3. The number of nitrogens with zero attached hydrogens (tertiary/aromatic N) is 3. The van der Waals surface area contributed by atoms with Crippen LogP contribution in [0.4, 0.5) is 0 Å². The zero-order valence-corrected chi connectivity index (χ0v) is 13.7. The minimum atomic E-state index is 0.301. The van der Waals surface area contributed by atoms with Crippen LogP contribution in [-0.2, 0) is 4.79 Å². The van der Waals surface area contributed by atoms with Crippen LogP contribution in [0.15, 0.2) is 6.20 Å². The van der Waals surface area contributed by atoms with Crippen LogP contribution in [0.2, 0.25) is 0 Å². The van der Waals surface area contributed by atoms with E-state index in [1.165, 1.54) is 25.7 Å². The minimum Gasteiger partial charge on any atom is -0.346 e. The molecule has 2 fully saturated rings. The number of carbonyl (C=O) groups is 1. The molecule has 3 heterocycles. The predicted octanol–water partition coefficient (Wildman–Crippen LogP) is 2.30. The molecule has 1 N–H and O–H groups in total. The number of imidazole rings is 1. The van der Waals surface area contributed by atoms with E-state index >= 15 is 0 Å². The highest BCUT2D eigenvalue weighted by Crippen LogP contribution is 2.25. The third-order valence-corrected chi connectivity index (χ3v) is 4.94. The van der Waals surface area contributed by atoms with Crippen LogP contribution < -0.4 is 0 Å². The first-order chi connectivity index (χ1) is 10.7. The number of hydrogen-bond acceptors (Lipinski definition) is 3. The van der Waals surface area contributed by atoms with Gasteiger partial charge in [-0.25, -0.2) is 4.98 Å². The number of likely N-dealkylation sites (tertiary alicyclic amines) is 2. The molecule has 2 saturated heterocycles. The fourth-order valence-corrected chi connectivity index (χ4v) is 3.65. The molecule has 5 heteroatoms. The maximum absolute atomic E-state index is 12.6. The third kappa shape index (κ3) is 3.88. The predicted molar refractivity (Wildman–Crippen MR) is 86.8 cm³/mol. The highest BCUT2D eigenvalue weighted by atomic mass is 16.2. The van der Waals surface area contributed by atoms with Crippen molar-refractivity contribution in [3.8, 4) is 0 Å². The summed E-state index contributed by atoms with van der Waals surface area (Å²) >= 11 is 0. The molecule has 22 heavy (non-hydrogen) atoms. The zero-order chi connectivity index (χ0) is 15.4. The molecular formula is C17H28N4O. The maximum atomic E-state index is 12.6. The third-order valence-electron chi connectivity index (χ3n) is 4.94. The van der Waals surface area contributed by atoms with Crippen LogP contribution in [-0.4, -0.2) is 58.4 Å². The number of nitrogens with one attached hydrogen (secondary N) is 1. The second-order valence-electron chi connectivity index (χ2n) is 6.82. The smallest absolute Gasteiger partial charge is 0.236 e. The summed E-state index contributed by atoms with van der Waals surface area (Å²) in [6.07, 6.45) is 9.19. The first kappa shape index (κ1) is 15.5. The van der Waals surface area contributed by atoms with E-state index in [0.29, 0.717) is 18.4 Å². The van der Waals surface area contributed by atoms with Crippen molar-refractivity contribution in [1.82, 2.24) is 19.8 Å². The van der Waals surface area contributed by atoms with Gasteiger partial charge >= 0.3 is 0 Å². The van der Waals surface area contributed by atoms with E-state index in [2.05, 4.69) is 19.8 Å². The lowest BCUT2D eigenvalue weighted by Gasteiger charge is -2.33. The fourth-order valence-electron chi connectivity index (χ4n) is 3.65. The molecule has 2 aliphatic heterocycles. The lowest BCUT2D eigenvalue weighted by molar-refractivity contribution is -0.133. The topological polar surface area (TPSA) is 52.2 Å². The minimum absolute atomic E-state index is 0.301. The van der Waals surface area contributed by atoms with E-state index in [4.69, 9.17) is 0 Å². The summed E-state index contributed by atoms with van der Waals surface area (Å²) in [4.78, 5) is 24.8. The van der Waals surface area contributed by atoms with Crippen molar-refractivity contribution < 1.29 is 4.79 Å². The van der Waals surface area contributed by atoms with Crippen molar-refractivity contribution in [2.45, 2.75) is 51.4 Å². The van der Waals surface area contributed by atoms with Crippen molar-refractivity contribution in [2.75, 3.05) is 32.7 Å². The van der Waals surface area contributed by atoms with Crippen LogP contribution in [0.1, 0.15) is 56.0 Å². The highest BCUT2D eigenvalue weighted by Gasteiger charge is 2.27. The van der Waals surface area contributed by atoms with Gasteiger partial charge in [0.05, 0.1) is 6.54 Å². The van der Waals surface area contributed by atoms with E-state index in [0.717, 1.165) is 50.5 Å². The molecule has 5 nitrogen and oxygen atoms in total. The summed E-state index contributed by atoms with van der Waals surface area (Å²) in [7, 11) is 0. The van der Waals surface area contributed by atoms with Crippen LogP contribution >= 0.6 is 0 Å². The Balaban J connectivity index is 1.55. The normalized spacial score (nSPS) is 24.2. The number of aromatic amines is 1. The molecule has 1 amide bonds. The summed E-state index contributed by atoms with van der Waals surface area (Å²) < 4.78 is 0. The summed E-state index contributed by atoms with van der Waals surface area (Å²) in [5.74, 6) is 1.72. The number of aromatic nitrogens is 2. The highest BCUT2D eigenvalue weighted by molar-refractivity contribution is 5.78. The van der Waals surface area contributed by atoms with Gasteiger partial charge in [-0.2, -0.15) is 0 Å². The summed E-state index contributed by atoms with van der Waals surface area (Å²) in [6, 6.07) is 0. The average molecular weight is 304 g/mol. The Morgan fingerprint density at radius 3 is 2.68 bits per heavy atom. The van der Waals surface area contributed by atoms with Gasteiger partial charge in [-0.05, 0) is 45.7 Å². The molecule has 1 aromatic rings. The van der Waals surface area contributed by atoms with Crippen LogP contribution in [0.25, 0.3) is 0 Å². The van der Waals surface area contributed by atoms with E-state index in [-0.39, 0.29) is 0 Å². The van der Waals surface area contributed by atoms with E-state index in [1.54, 1.807) is 0 Å². The molecule has 2 aliphatic rings. The quantitative estimate of drug-likeness (QED) is 0.932. The van der Waals surface area contributed by atoms with Gasteiger partial charge in [-0.3, -0.25) is 9.69 Å². The summed E-state index contributed by atoms with van der Waals surface area (Å²) in [6.45, 7) is 6.52. The van der Waals surface area contributed by atoms with Crippen LogP contribution in [0, 0.1) is 6.92 Å². The van der Waals surface area contributed by atoms with Gasteiger partial charge in [0.25, 0.3) is 0 Å². The number of aryl methyl sites for hydroxylation is 1. The van der Waals surface area contributed by atoms with E-state index < -0.39 is 0 Å². The number of H-pyrrole nitrogens is 1. The molecule has 0 spiro atoms. The Morgan fingerprint density at radius 2 is 2.00 bits per heavy atom. The number of piperidine rings is 1. The van der Waals surface area contributed by atoms with Gasteiger partial charge < -0.3 is 9.88 Å². The van der Waals surface area contributed by atoms with Crippen molar-refractivity contribution in [1.29, 1.82) is 0 Å². The standard InChI is InChI=1S/C17H28N4O/c1-14-11-18-17(19-14)15-7-6-10-21(12-15)16(22)13-20-8-4-2-3-5-9-20/h11,15H,2-10,12-13H2,1H3,(H,18,19). The second kappa shape index (κ2) is 7.27. The molecule has 3 rings (SSSR count). The van der Waals surface area contributed by atoms with Gasteiger partial charge in [0, 0.05) is 30.9 Å². The van der Waals surface area contributed by atoms with Gasteiger partial charge in [0.1, 0.15) is 5.82 Å². The maximum Gasteiger partial charge on any atom is 0.236 e. The number of hydrogen-bond donors (Lipinski definition) is 1. The molecule has 0 bridgehead atoms. The van der Waals surface area contributed by atoms with E-state index in [9.17, 15) is 4.79 Å². The average Bonchev–Trinajstić information content (AvgIpc) is 2.80. The fraction of sp³-hybridized carbons (Fsp3) is 0.765. The van der Waals surface area contributed by atoms with Crippen molar-refractivity contribution in [3.05, 3.63) is 17.7 Å². The first-order valence-electron chi connectivity index (χ1n) is 8.74. The SMILES string of the molecule is Cc1cnc(C2CCCN(C(=O)CN3CCCCCC3)C2)[nH]1. The molecule has 0 aromatic carbocycles. The Labute approximate surface area is 133 Å². The molecule has 1 unspecified atom stereocenters. The molecule has 0 saturated carbocycles. The van der Waals surface area contributed by atoms with Crippen LogP contribution in [0.3, 0.4) is 0 Å². The number of amides is 1. The van der Waals surface area contributed by atoms with E-state index in [1.807, 2.05) is 13.1 Å². The molecule has 1 aromatic heterocycles. The van der Waals surface area contributed by atoms with Crippen LogP contribution in [0.5, 0.6) is 0 Å². The molecule has 0 radical (unpaired) electrons. The molecule has 1 atom stereocenters. The summed E-state index contributed by atoms with van der Waals surface area (Å²) in [5, 5.41) is 0. The van der Waals surface area contributed by atoms with Crippen molar-refractivity contribution >= 4 is 5.91 Å². The molecular weight excluding hydrogens is 276 g/mol. The largest absolute Gasteiger partial charge is 0.346 e. The van der Waals surface area contributed by atoms with Gasteiger partial charge in [0.15, 0.2) is 0 Å². The lowest BCUT2D eigenvalue weighted by Crippen LogP contribution is -2.45. The van der Waals surface area contributed by atoms with Crippen molar-refractivity contribution in [3.63, 3.8) is 0 Å². The Bertz CT molecular complexity index is 491. The number of carbonyl (C=O) groups excluding carboxylic acids is 1. The summed E-state index contributed by atoms with van der Waals surface area (Å²) in [5.41, 5.74) is 1.10. The molecule has 122 valence electrons. The van der Waals surface area contributed by atoms with Gasteiger partial charge in [-0.1, -0.05) is 12.8 Å². The van der Waals surface area contributed by atoms with Gasteiger partial charge in [0.2, 0.25) is 5.91 Å². The van der Waals surface area contributed by atoms with Gasteiger partial charge in [-0.15, -0.1) is 0 Å². The first-order valence-corrected chi connectivity index (χ1v) is 8.74. The lowest BCUT2D eigenvalue weighted by atomic mass is 9.97. The Hall–Kier alpha value is -1.36. The monoisotopic (exact) mass is 304 g/mol. The zero-order valence-electron chi connectivity index (χ0n) is 13.7. The van der Waals surface area contributed by atoms with Crippen molar-refractivity contribution in [2.24, 2.45) is 0 Å². The second-order valence-corrected chi connectivity index (χ2v) is 6.82. The Kier molecular flexibility index (Phi) is 5.13.